The predicted molar refractivity (Wildman–Crippen MR) is 40.5 cm³/mol. The third-order valence-corrected chi connectivity index (χ3v) is 3.65. The SMILES string of the molecule is CCC[O][Ti]([O]OC)([O]OC)[O]OC. The minimum absolute atomic E-state index is 0.399. The van der Waals surface area contributed by atoms with Gasteiger partial charge >= 0.3 is 87.8 Å². The summed E-state index contributed by atoms with van der Waals surface area (Å²) >= 11 is -4.01. The summed E-state index contributed by atoms with van der Waals surface area (Å²) in [5, 5.41) is 0. The second-order valence-corrected chi connectivity index (χ2v) is 4.89. The molecule has 0 bridgehead atoms. The molecule has 0 aromatic carbocycles. The molecule has 0 aliphatic carbocycles. The van der Waals surface area contributed by atoms with E-state index in [-0.39, 0.29) is 0 Å². The third-order valence-electron chi connectivity index (χ3n) is 1.04. The summed E-state index contributed by atoms with van der Waals surface area (Å²) in [5.41, 5.74) is 0. The predicted octanol–water partition coefficient (Wildman–Crippen LogP) is 0.961. The monoisotopic (exact) mass is 248 g/mol. The molecule has 86 valence electrons. The fraction of sp³-hybridized carbons (Fsp3) is 1.00. The van der Waals surface area contributed by atoms with Crippen LogP contribution in [0.25, 0.3) is 0 Å². The first-order valence-corrected chi connectivity index (χ1v) is 6.59. The molecule has 7 nitrogen and oxygen atoms in total. The van der Waals surface area contributed by atoms with Crippen molar-refractivity contribution in [2.24, 2.45) is 0 Å². The molecule has 0 aliphatic heterocycles. The first-order valence-electron chi connectivity index (χ1n) is 4.04. The summed E-state index contributed by atoms with van der Waals surface area (Å²) in [6.45, 7) is 2.33. The molecule has 0 atom stereocenters. The topological polar surface area (TPSA) is 64.6 Å². The van der Waals surface area contributed by atoms with Crippen LogP contribution in [0, 0.1) is 0 Å². The molecule has 0 saturated carbocycles. The Balaban J connectivity index is 4.21. The van der Waals surface area contributed by atoms with Crippen LogP contribution in [0.5, 0.6) is 0 Å². The number of rotatable bonds is 9. The van der Waals surface area contributed by atoms with Crippen LogP contribution in [0.3, 0.4) is 0 Å². The molecule has 0 saturated heterocycles. The van der Waals surface area contributed by atoms with Crippen LogP contribution in [0.4, 0.5) is 0 Å². The molecule has 8 heteroatoms. The quantitative estimate of drug-likeness (QED) is 0.342. The Kier molecular flexibility index (Phi) is 8.99. The van der Waals surface area contributed by atoms with Gasteiger partial charge in [-0.15, -0.1) is 0 Å². The molecule has 0 radical (unpaired) electrons. The van der Waals surface area contributed by atoms with Crippen molar-refractivity contribution in [3.8, 4) is 0 Å². The van der Waals surface area contributed by atoms with Gasteiger partial charge in [-0.3, -0.25) is 0 Å². The van der Waals surface area contributed by atoms with E-state index in [9.17, 15) is 0 Å². The van der Waals surface area contributed by atoms with Gasteiger partial charge in [0.05, 0.1) is 0 Å². The van der Waals surface area contributed by atoms with Crippen molar-refractivity contribution >= 4 is 0 Å². The van der Waals surface area contributed by atoms with Gasteiger partial charge in [-0.2, -0.15) is 0 Å². The molecule has 0 heterocycles. The molecule has 0 aromatic rings. The van der Waals surface area contributed by atoms with Gasteiger partial charge in [0.15, 0.2) is 0 Å². The molecule has 0 amide bonds. The third kappa shape index (κ3) is 5.35. The van der Waals surface area contributed by atoms with E-state index in [4.69, 9.17) is 13.7 Å². The van der Waals surface area contributed by atoms with Gasteiger partial charge < -0.3 is 0 Å². The van der Waals surface area contributed by atoms with Crippen molar-refractivity contribution in [2.45, 2.75) is 13.3 Å². The van der Waals surface area contributed by atoms with Crippen LogP contribution in [0.2, 0.25) is 0 Å². The maximum atomic E-state index is 5.25. The van der Waals surface area contributed by atoms with Crippen LogP contribution in [-0.4, -0.2) is 27.9 Å². The van der Waals surface area contributed by atoms with Gasteiger partial charge in [-0.25, -0.2) is 0 Å². The van der Waals surface area contributed by atoms with Crippen molar-refractivity contribution in [2.75, 3.05) is 27.9 Å². The van der Waals surface area contributed by atoms with Crippen molar-refractivity contribution in [3.63, 3.8) is 0 Å². The second kappa shape index (κ2) is 8.72. The zero-order chi connectivity index (χ0) is 10.9. The van der Waals surface area contributed by atoms with E-state index in [0.717, 1.165) is 6.42 Å². The van der Waals surface area contributed by atoms with Gasteiger partial charge in [-0.05, 0) is 0 Å². The summed E-state index contributed by atoms with van der Waals surface area (Å²) in [7, 11) is 3.94. The van der Waals surface area contributed by atoms with Crippen LogP contribution >= 0.6 is 0 Å². The molecule has 0 N–H and O–H groups in total. The first-order chi connectivity index (χ1) is 6.74. The summed E-state index contributed by atoms with van der Waals surface area (Å²) in [6, 6.07) is 0. The van der Waals surface area contributed by atoms with Crippen LogP contribution in [0.15, 0.2) is 0 Å². The van der Waals surface area contributed by atoms with Crippen LogP contribution in [-0.2, 0) is 46.5 Å². The van der Waals surface area contributed by atoms with Gasteiger partial charge in [0.25, 0.3) is 0 Å². The van der Waals surface area contributed by atoms with Gasteiger partial charge in [0.1, 0.15) is 0 Å². The summed E-state index contributed by atoms with van der Waals surface area (Å²) in [4.78, 5) is 13.4. The average molecular weight is 248 g/mol. The van der Waals surface area contributed by atoms with Crippen molar-refractivity contribution in [1.82, 2.24) is 0 Å². The Morgan fingerprint density at radius 1 is 0.857 bits per heavy atom. The Morgan fingerprint density at radius 2 is 1.29 bits per heavy atom. The molecule has 0 unspecified atom stereocenters. The van der Waals surface area contributed by atoms with E-state index in [1.807, 2.05) is 6.92 Å². The summed E-state index contributed by atoms with van der Waals surface area (Å²) in [6.07, 6.45) is 0.778. The standard InChI is InChI=1S/C3H7O.3CH4O2.Ti/c1-2-3-4;3*1-3-2;/h2-3H2,1H3;3*2H,1H3;/q-1;;;;+4/p-3. The molecular formula is C6H16O7Ti. The van der Waals surface area contributed by atoms with E-state index in [1.54, 1.807) is 0 Å². The Labute approximate surface area is 88.2 Å². The minimum atomic E-state index is -4.01. The van der Waals surface area contributed by atoms with Crippen molar-refractivity contribution < 1.29 is 46.5 Å². The van der Waals surface area contributed by atoms with E-state index in [2.05, 4.69) is 14.7 Å². The molecular weight excluding hydrogens is 232 g/mol. The van der Waals surface area contributed by atoms with Gasteiger partial charge in [0, 0.05) is 0 Å². The summed E-state index contributed by atoms with van der Waals surface area (Å²) < 4.78 is 19.6. The van der Waals surface area contributed by atoms with Gasteiger partial charge in [-0.1, -0.05) is 0 Å². The molecule has 0 rings (SSSR count). The van der Waals surface area contributed by atoms with E-state index >= 15 is 0 Å². The Hall–Kier alpha value is 0.434. The van der Waals surface area contributed by atoms with Gasteiger partial charge in [0.2, 0.25) is 0 Å². The van der Waals surface area contributed by atoms with Crippen molar-refractivity contribution in [1.29, 1.82) is 0 Å². The molecule has 0 spiro atoms. The summed E-state index contributed by atoms with van der Waals surface area (Å²) in [5.74, 6) is 0. The van der Waals surface area contributed by atoms with E-state index in [1.165, 1.54) is 21.3 Å². The molecule has 0 aliphatic rings. The molecule has 14 heavy (non-hydrogen) atoms. The van der Waals surface area contributed by atoms with E-state index < -0.39 is 18.1 Å². The maximum absolute atomic E-state index is 5.25. The number of hydrogen-bond acceptors (Lipinski definition) is 7. The average Bonchev–Trinajstić information content (AvgIpc) is 2.16. The fourth-order valence-corrected chi connectivity index (χ4v) is 2.67. The van der Waals surface area contributed by atoms with Crippen LogP contribution in [0.1, 0.15) is 13.3 Å². The van der Waals surface area contributed by atoms with E-state index in [0.29, 0.717) is 6.61 Å². The van der Waals surface area contributed by atoms with Crippen molar-refractivity contribution in [3.05, 3.63) is 0 Å². The zero-order valence-electron chi connectivity index (χ0n) is 8.77. The second-order valence-electron chi connectivity index (χ2n) is 2.10. The normalized spacial score (nSPS) is 12.0. The first kappa shape index (κ1) is 14.4. The molecule has 0 aromatic heterocycles. The Bertz CT molecular complexity index is 116. The van der Waals surface area contributed by atoms with Crippen LogP contribution < -0.4 is 0 Å². The molecule has 0 fully saturated rings. The zero-order valence-corrected chi connectivity index (χ0v) is 10.3. The number of hydrogen-bond donors (Lipinski definition) is 0. The Morgan fingerprint density at radius 3 is 1.57 bits per heavy atom. The fourth-order valence-electron chi connectivity index (χ4n) is 0.647.